The highest BCUT2D eigenvalue weighted by molar-refractivity contribution is 6.09. The van der Waals surface area contributed by atoms with Crippen molar-refractivity contribution in [3.63, 3.8) is 0 Å². The summed E-state index contributed by atoms with van der Waals surface area (Å²) in [6.07, 6.45) is 0. The van der Waals surface area contributed by atoms with Gasteiger partial charge in [0, 0.05) is 33.4 Å². The van der Waals surface area contributed by atoms with E-state index in [-0.39, 0.29) is 0 Å². The van der Waals surface area contributed by atoms with Crippen molar-refractivity contribution in [3.8, 4) is 44.5 Å². The first-order valence-corrected chi connectivity index (χ1v) is 19.8. The van der Waals surface area contributed by atoms with E-state index in [0.29, 0.717) is 0 Å². The number of fused-ring (bicyclic) bond motifs is 5. The Morgan fingerprint density at radius 3 is 1.36 bits per heavy atom. The molecule has 0 aliphatic rings. The average molecular weight is 740 g/mol. The normalized spacial score (nSPS) is 11.4. The molecule has 0 aliphatic carbocycles. The number of rotatable bonds is 7. The molecule has 1 heterocycles. The third-order valence-electron chi connectivity index (χ3n) is 11.5. The number of furan rings is 1. The number of nitrogens with zero attached hydrogens (tertiary/aromatic N) is 1. The topological polar surface area (TPSA) is 16.4 Å². The summed E-state index contributed by atoms with van der Waals surface area (Å²) >= 11 is 0. The average Bonchev–Trinajstić information content (AvgIpc) is 3.68. The van der Waals surface area contributed by atoms with Crippen LogP contribution >= 0.6 is 0 Å². The first kappa shape index (κ1) is 33.6. The molecule has 0 unspecified atom stereocenters. The molecule has 0 bridgehead atoms. The van der Waals surface area contributed by atoms with E-state index >= 15 is 0 Å². The zero-order chi connectivity index (χ0) is 38.4. The van der Waals surface area contributed by atoms with Crippen molar-refractivity contribution < 1.29 is 4.42 Å². The fourth-order valence-electron chi connectivity index (χ4n) is 8.42. The van der Waals surface area contributed by atoms with Gasteiger partial charge in [0.1, 0.15) is 11.2 Å². The van der Waals surface area contributed by atoms with E-state index in [1.54, 1.807) is 0 Å². The summed E-state index contributed by atoms with van der Waals surface area (Å²) in [6.45, 7) is 0. The Morgan fingerprint density at radius 1 is 0.276 bits per heavy atom. The molecule has 0 saturated heterocycles. The number of benzene rings is 10. The molecule has 11 aromatic rings. The molecule has 0 fully saturated rings. The summed E-state index contributed by atoms with van der Waals surface area (Å²) in [5.41, 5.74) is 14.5. The van der Waals surface area contributed by atoms with Crippen LogP contribution in [0.4, 0.5) is 17.1 Å². The van der Waals surface area contributed by atoms with Crippen molar-refractivity contribution in [1.29, 1.82) is 0 Å². The van der Waals surface area contributed by atoms with E-state index in [2.05, 4.69) is 217 Å². The fourth-order valence-corrected chi connectivity index (χ4v) is 8.42. The molecule has 2 nitrogen and oxygen atoms in total. The van der Waals surface area contributed by atoms with Crippen molar-refractivity contribution in [2.75, 3.05) is 4.90 Å². The van der Waals surface area contributed by atoms with Gasteiger partial charge >= 0.3 is 0 Å². The molecule has 0 aliphatic heterocycles. The molecule has 11 rings (SSSR count). The molecule has 0 atom stereocenters. The first-order chi connectivity index (χ1) is 28.7. The van der Waals surface area contributed by atoms with E-state index < -0.39 is 0 Å². The van der Waals surface area contributed by atoms with Gasteiger partial charge in [-0.15, -0.1) is 0 Å². The lowest BCUT2D eigenvalue weighted by molar-refractivity contribution is 0.670. The zero-order valence-corrected chi connectivity index (χ0v) is 31.7. The molecule has 2 heteroatoms. The summed E-state index contributed by atoms with van der Waals surface area (Å²) in [4.78, 5) is 2.34. The lowest BCUT2D eigenvalue weighted by Gasteiger charge is -2.26. The molecule has 272 valence electrons. The highest BCUT2D eigenvalue weighted by atomic mass is 16.3. The smallest absolute Gasteiger partial charge is 0.143 e. The van der Waals surface area contributed by atoms with Crippen LogP contribution in [0.1, 0.15) is 0 Å². The molecule has 10 aromatic carbocycles. The summed E-state index contributed by atoms with van der Waals surface area (Å²) in [5.74, 6) is 0. The quantitative estimate of drug-likeness (QED) is 0.151. The molecule has 0 spiro atoms. The second-order valence-corrected chi connectivity index (χ2v) is 15.0. The number of hydrogen-bond acceptors (Lipinski definition) is 2. The van der Waals surface area contributed by atoms with Crippen LogP contribution in [0.2, 0.25) is 0 Å². The van der Waals surface area contributed by atoms with Gasteiger partial charge in [0.25, 0.3) is 0 Å². The van der Waals surface area contributed by atoms with Crippen molar-refractivity contribution in [1.82, 2.24) is 0 Å². The Bertz CT molecular complexity index is 3230. The standard InChI is InChI=1S/C56H37NO/c1-2-9-38(10-3-1)39-17-19-40(20-18-39)41-23-29-49(30-24-41)57(51-33-27-43(28-34-51)52-14-8-15-54-53-13-6-7-16-55(53)58-56(52)54)50-31-25-42(26-32-50)46-21-22-47-35-44-11-4-5-12-45(44)36-48(47)37-46/h1-37H. The minimum absolute atomic E-state index is 0.906. The fraction of sp³-hybridized carbons (Fsp3) is 0. The largest absolute Gasteiger partial charge is 0.455 e. The molecule has 58 heavy (non-hydrogen) atoms. The second kappa shape index (κ2) is 14.1. The molecule has 0 radical (unpaired) electrons. The van der Waals surface area contributed by atoms with Crippen LogP contribution in [0.3, 0.4) is 0 Å². The third-order valence-corrected chi connectivity index (χ3v) is 11.5. The third kappa shape index (κ3) is 6.09. The maximum absolute atomic E-state index is 6.41. The minimum Gasteiger partial charge on any atom is -0.455 e. The lowest BCUT2D eigenvalue weighted by atomic mass is 9.98. The highest BCUT2D eigenvalue weighted by Crippen LogP contribution is 2.40. The van der Waals surface area contributed by atoms with E-state index in [1.165, 1.54) is 54.9 Å². The van der Waals surface area contributed by atoms with Gasteiger partial charge in [-0.1, -0.05) is 164 Å². The summed E-state index contributed by atoms with van der Waals surface area (Å²) in [6, 6.07) is 80.7. The van der Waals surface area contributed by atoms with Gasteiger partial charge in [-0.3, -0.25) is 0 Å². The minimum atomic E-state index is 0.906. The van der Waals surface area contributed by atoms with Gasteiger partial charge in [-0.2, -0.15) is 0 Å². The number of para-hydroxylation sites is 2. The summed E-state index contributed by atoms with van der Waals surface area (Å²) in [5, 5.41) is 7.29. The van der Waals surface area contributed by atoms with Crippen LogP contribution in [0, 0.1) is 0 Å². The predicted octanol–water partition coefficient (Wildman–Crippen LogP) is 16.0. The van der Waals surface area contributed by atoms with Crippen LogP contribution in [-0.2, 0) is 0 Å². The molecule has 0 N–H and O–H groups in total. The number of anilines is 3. The van der Waals surface area contributed by atoms with Gasteiger partial charge in [0.05, 0.1) is 0 Å². The molecule has 0 amide bonds. The van der Waals surface area contributed by atoms with Crippen molar-refractivity contribution in [3.05, 3.63) is 224 Å². The zero-order valence-electron chi connectivity index (χ0n) is 31.7. The van der Waals surface area contributed by atoms with Crippen LogP contribution in [0.5, 0.6) is 0 Å². The molecular formula is C56H37NO. The Hall–Kier alpha value is -7.68. The van der Waals surface area contributed by atoms with Crippen LogP contribution in [-0.4, -0.2) is 0 Å². The van der Waals surface area contributed by atoms with E-state index in [4.69, 9.17) is 4.42 Å². The van der Waals surface area contributed by atoms with Gasteiger partial charge in [-0.25, -0.2) is 0 Å². The Labute approximate surface area is 337 Å². The van der Waals surface area contributed by atoms with Crippen LogP contribution in [0.25, 0.3) is 88.0 Å². The molecule has 0 saturated carbocycles. The van der Waals surface area contributed by atoms with Gasteiger partial charge in [0.2, 0.25) is 0 Å². The van der Waals surface area contributed by atoms with E-state index in [1.807, 2.05) is 12.1 Å². The highest BCUT2D eigenvalue weighted by Gasteiger charge is 2.16. The monoisotopic (exact) mass is 739 g/mol. The Morgan fingerprint density at radius 2 is 0.724 bits per heavy atom. The molecule has 1 aromatic heterocycles. The summed E-state index contributed by atoms with van der Waals surface area (Å²) in [7, 11) is 0. The van der Waals surface area contributed by atoms with E-state index in [9.17, 15) is 0 Å². The van der Waals surface area contributed by atoms with Crippen molar-refractivity contribution in [2.45, 2.75) is 0 Å². The number of hydrogen-bond donors (Lipinski definition) is 0. The summed E-state index contributed by atoms with van der Waals surface area (Å²) < 4.78 is 6.41. The predicted molar refractivity (Wildman–Crippen MR) is 245 cm³/mol. The second-order valence-electron chi connectivity index (χ2n) is 15.0. The first-order valence-electron chi connectivity index (χ1n) is 19.8. The van der Waals surface area contributed by atoms with Gasteiger partial charge in [-0.05, 0) is 121 Å². The van der Waals surface area contributed by atoms with E-state index in [0.717, 1.165) is 50.1 Å². The van der Waals surface area contributed by atoms with Crippen LogP contribution < -0.4 is 4.90 Å². The maximum Gasteiger partial charge on any atom is 0.143 e. The Kier molecular flexibility index (Phi) is 8.19. The maximum atomic E-state index is 6.41. The van der Waals surface area contributed by atoms with Gasteiger partial charge < -0.3 is 9.32 Å². The van der Waals surface area contributed by atoms with Crippen LogP contribution in [0.15, 0.2) is 229 Å². The Balaban J connectivity index is 0.954. The van der Waals surface area contributed by atoms with Gasteiger partial charge in [0.15, 0.2) is 0 Å². The SMILES string of the molecule is c1ccc(-c2ccc(-c3ccc(N(c4ccc(-c5ccc6cc7ccccc7cc6c5)cc4)c4ccc(-c5cccc6c5oc5ccccc56)cc4)cc3)cc2)cc1. The van der Waals surface area contributed by atoms with Crippen molar-refractivity contribution in [2.24, 2.45) is 0 Å². The lowest BCUT2D eigenvalue weighted by Crippen LogP contribution is -2.09. The van der Waals surface area contributed by atoms with Crippen molar-refractivity contribution >= 4 is 60.5 Å². The molecular weight excluding hydrogens is 703 g/mol.